The molecule has 1 aliphatic heterocycles. The minimum absolute atomic E-state index is 0. The summed E-state index contributed by atoms with van der Waals surface area (Å²) >= 11 is 0. The predicted octanol–water partition coefficient (Wildman–Crippen LogP) is 1.71. The van der Waals surface area contributed by atoms with Crippen LogP contribution in [0.1, 0.15) is 38.5 Å². The Balaban J connectivity index is 0.00000128. The molecule has 2 N–H and O–H groups in total. The molecule has 0 spiro atoms. The number of hydrogen-bond donors (Lipinski definition) is 2. The molecule has 1 amide bonds. The maximum atomic E-state index is 11.5. The molecule has 0 aromatic rings. The zero-order valence-corrected chi connectivity index (χ0v) is 10.7. The van der Waals surface area contributed by atoms with Gasteiger partial charge in [-0.25, -0.2) is 0 Å². The monoisotopic (exact) mass is 246 g/mol. The quantitative estimate of drug-likeness (QED) is 0.776. The van der Waals surface area contributed by atoms with Crippen molar-refractivity contribution in [2.75, 3.05) is 19.6 Å². The third kappa shape index (κ3) is 4.30. The van der Waals surface area contributed by atoms with Crippen LogP contribution in [0.25, 0.3) is 0 Å². The Bertz CT molecular complexity index is 213. The van der Waals surface area contributed by atoms with Gasteiger partial charge in [-0.2, -0.15) is 0 Å². The van der Waals surface area contributed by atoms with Gasteiger partial charge < -0.3 is 10.6 Å². The summed E-state index contributed by atoms with van der Waals surface area (Å²) in [5.41, 5.74) is 0. The highest BCUT2D eigenvalue weighted by molar-refractivity contribution is 5.85. The summed E-state index contributed by atoms with van der Waals surface area (Å²) in [7, 11) is 0. The van der Waals surface area contributed by atoms with E-state index in [4.69, 9.17) is 0 Å². The first-order valence-electron chi connectivity index (χ1n) is 6.32. The molecule has 1 atom stereocenters. The Morgan fingerprint density at radius 1 is 1.25 bits per heavy atom. The summed E-state index contributed by atoms with van der Waals surface area (Å²) in [5, 5.41) is 6.39. The lowest BCUT2D eigenvalue weighted by Gasteiger charge is -2.24. The van der Waals surface area contributed by atoms with E-state index >= 15 is 0 Å². The van der Waals surface area contributed by atoms with Gasteiger partial charge in [0.15, 0.2) is 0 Å². The second-order valence-electron chi connectivity index (χ2n) is 5.00. The minimum Gasteiger partial charge on any atom is -0.356 e. The maximum absolute atomic E-state index is 11.5. The molecular weight excluding hydrogens is 224 g/mol. The second kappa shape index (κ2) is 7.13. The van der Waals surface area contributed by atoms with Crippen molar-refractivity contribution >= 4 is 18.3 Å². The van der Waals surface area contributed by atoms with Gasteiger partial charge in [-0.1, -0.05) is 6.42 Å². The highest BCUT2D eigenvalue weighted by Gasteiger charge is 2.20. The van der Waals surface area contributed by atoms with Crippen molar-refractivity contribution < 1.29 is 4.79 Å². The molecule has 1 aliphatic carbocycles. The zero-order chi connectivity index (χ0) is 10.5. The molecule has 2 rings (SSSR count). The summed E-state index contributed by atoms with van der Waals surface area (Å²) in [6.07, 6.45) is 7.04. The Kier molecular flexibility index (Phi) is 6.14. The molecule has 1 unspecified atom stereocenters. The van der Waals surface area contributed by atoms with Crippen molar-refractivity contribution in [2.24, 2.45) is 11.8 Å². The molecular formula is C12H23ClN2O. The number of amides is 1. The van der Waals surface area contributed by atoms with Crippen molar-refractivity contribution in [3.63, 3.8) is 0 Å². The van der Waals surface area contributed by atoms with Gasteiger partial charge in [-0.05, 0) is 50.6 Å². The fourth-order valence-corrected chi connectivity index (χ4v) is 2.41. The molecule has 0 aromatic carbocycles. The van der Waals surface area contributed by atoms with E-state index < -0.39 is 0 Å². The van der Waals surface area contributed by atoms with Crippen LogP contribution >= 0.6 is 12.4 Å². The first kappa shape index (κ1) is 13.8. The smallest absolute Gasteiger partial charge is 0.220 e. The molecule has 2 aliphatic rings. The molecule has 1 saturated heterocycles. The Morgan fingerprint density at radius 2 is 2.06 bits per heavy atom. The maximum Gasteiger partial charge on any atom is 0.220 e. The fourth-order valence-electron chi connectivity index (χ4n) is 2.41. The molecule has 0 radical (unpaired) electrons. The number of nitrogens with one attached hydrogen (secondary N) is 2. The van der Waals surface area contributed by atoms with Crippen molar-refractivity contribution in [3.05, 3.63) is 0 Å². The average Bonchev–Trinajstić information content (AvgIpc) is 2.64. The first-order valence-corrected chi connectivity index (χ1v) is 6.32. The van der Waals surface area contributed by atoms with E-state index in [0.717, 1.165) is 38.4 Å². The molecule has 0 bridgehead atoms. The Hall–Kier alpha value is -0.280. The Morgan fingerprint density at radius 3 is 2.62 bits per heavy atom. The molecule has 1 heterocycles. The highest BCUT2D eigenvalue weighted by atomic mass is 35.5. The number of rotatable bonds is 5. The third-order valence-corrected chi connectivity index (χ3v) is 3.74. The summed E-state index contributed by atoms with van der Waals surface area (Å²) in [5.74, 6) is 1.75. The lowest BCUT2D eigenvalue weighted by molar-refractivity contribution is -0.122. The molecule has 16 heavy (non-hydrogen) atoms. The summed E-state index contributed by atoms with van der Waals surface area (Å²) in [6, 6.07) is 0. The van der Waals surface area contributed by atoms with E-state index in [1.54, 1.807) is 0 Å². The van der Waals surface area contributed by atoms with E-state index in [1.165, 1.54) is 25.7 Å². The normalized spacial score (nSPS) is 24.6. The zero-order valence-electron chi connectivity index (χ0n) is 9.84. The van der Waals surface area contributed by atoms with Gasteiger partial charge in [0.2, 0.25) is 5.91 Å². The summed E-state index contributed by atoms with van der Waals surface area (Å²) in [6.45, 7) is 3.16. The van der Waals surface area contributed by atoms with Crippen LogP contribution in [0, 0.1) is 11.8 Å². The molecule has 0 aromatic heterocycles. The minimum atomic E-state index is 0. The number of halogens is 1. The van der Waals surface area contributed by atoms with Crippen molar-refractivity contribution in [2.45, 2.75) is 38.5 Å². The van der Waals surface area contributed by atoms with Crippen LogP contribution in [0.2, 0.25) is 0 Å². The molecule has 1 saturated carbocycles. The number of hydrogen-bond acceptors (Lipinski definition) is 2. The van der Waals surface area contributed by atoms with Crippen LogP contribution in [-0.4, -0.2) is 25.5 Å². The van der Waals surface area contributed by atoms with Gasteiger partial charge in [-0.15, -0.1) is 12.4 Å². The lowest BCUT2D eigenvalue weighted by atomic mass is 9.83. The lowest BCUT2D eigenvalue weighted by Crippen LogP contribution is -2.29. The first-order chi connectivity index (χ1) is 7.34. The van der Waals surface area contributed by atoms with Crippen molar-refractivity contribution in [1.82, 2.24) is 10.6 Å². The topological polar surface area (TPSA) is 41.1 Å². The molecule has 3 nitrogen and oxygen atoms in total. The van der Waals surface area contributed by atoms with Gasteiger partial charge in [-0.3, -0.25) is 4.79 Å². The summed E-state index contributed by atoms with van der Waals surface area (Å²) in [4.78, 5) is 11.5. The van der Waals surface area contributed by atoms with E-state index in [9.17, 15) is 4.79 Å². The number of carbonyl (C=O) groups is 1. The van der Waals surface area contributed by atoms with E-state index in [0.29, 0.717) is 5.92 Å². The molecule has 4 heteroatoms. The Labute approximate surface area is 104 Å². The molecule has 94 valence electrons. The van der Waals surface area contributed by atoms with Crippen LogP contribution in [0.5, 0.6) is 0 Å². The van der Waals surface area contributed by atoms with Crippen LogP contribution < -0.4 is 10.6 Å². The van der Waals surface area contributed by atoms with Crippen LogP contribution in [0.4, 0.5) is 0 Å². The van der Waals surface area contributed by atoms with Crippen molar-refractivity contribution in [1.29, 1.82) is 0 Å². The second-order valence-corrected chi connectivity index (χ2v) is 5.00. The van der Waals surface area contributed by atoms with Gasteiger partial charge in [0.25, 0.3) is 0 Å². The van der Waals surface area contributed by atoms with Crippen LogP contribution in [-0.2, 0) is 4.79 Å². The van der Waals surface area contributed by atoms with Gasteiger partial charge in [0.05, 0.1) is 0 Å². The van der Waals surface area contributed by atoms with E-state index in [-0.39, 0.29) is 18.3 Å². The molecule has 2 fully saturated rings. The van der Waals surface area contributed by atoms with Crippen molar-refractivity contribution in [3.8, 4) is 0 Å². The summed E-state index contributed by atoms with van der Waals surface area (Å²) < 4.78 is 0. The van der Waals surface area contributed by atoms with Crippen LogP contribution in [0.15, 0.2) is 0 Å². The largest absolute Gasteiger partial charge is 0.356 e. The van der Waals surface area contributed by atoms with Gasteiger partial charge >= 0.3 is 0 Å². The SMILES string of the molecule is Cl.O=C(CC1CCC1)NCCC1CCNC1. The number of carbonyl (C=O) groups excluding carboxylic acids is 1. The fraction of sp³-hybridized carbons (Fsp3) is 0.917. The van der Waals surface area contributed by atoms with Gasteiger partial charge in [0.1, 0.15) is 0 Å². The third-order valence-electron chi connectivity index (χ3n) is 3.74. The van der Waals surface area contributed by atoms with Gasteiger partial charge in [0, 0.05) is 13.0 Å². The predicted molar refractivity (Wildman–Crippen MR) is 67.8 cm³/mol. The standard InChI is InChI=1S/C12H22N2O.ClH/c15-12(8-10-2-1-3-10)14-7-5-11-4-6-13-9-11;/h10-11,13H,1-9H2,(H,14,15);1H. The highest BCUT2D eigenvalue weighted by Crippen LogP contribution is 2.29. The van der Waals surface area contributed by atoms with E-state index in [1.807, 2.05) is 0 Å². The average molecular weight is 247 g/mol. The van der Waals surface area contributed by atoms with Crippen LogP contribution in [0.3, 0.4) is 0 Å². The van der Waals surface area contributed by atoms with E-state index in [2.05, 4.69) is 10.6 Å².